The normalized spacial score (nSPS) is 15.4. The van der Waals surface area contributed by atoms with Crippen LogP contribution in [0.5, 0.6) is 0 Å². The number of carboxylic acids is 1. The van der Waals surface area contributed by atoms with Crippen molar-refractivity contribution in [2.75, 3.05) is 25.0 Å². The first kappa shape index (κ1) is 28.8. The Hall–Kier alpha value is -3.15. The second-order valence-electron chi connectivity index (χ2n) is 10.1. The molecule has 0 radical (unpaired) electrons. The summed E-state index contributed by atoms with van der Waals surface area (Å²) in [6.45, 7) is 3.00. The number of benzene rings is 1. The minimum absolute atomic E-state index is 0.0358. The van der Waals surface area contributed by atoms with E-state index in [1.807, 2.05) is 11.8 Å². The summed E-state index contributed by atoms with van der Waals surface area (Å²) in [5, 5.41) is 29.3. The van der Waals surface area contributed by atoms with E-state index in [0.29, 0.717) is 56.7 Å². The molecule has 1 fully saturated rings. The number of nitrogens with one attached hydrogen (secondary N) is 2. The van der Waals surface area contributed by atoms with Crippen LogP contribution < -0.4 is 5.32 Å². The molecule has 0 atom stereocenters. The highest BCUT2D eigenvalue weighted by Crippen LogP contribution is 2.37. The van der Waals surface area contributed by atoms with Crippen LogP contribution in [0.4, 0.5) is 20.5 Å². The number of aromatic nitrogens is 4. The van der Waals surface area contributed by atoms with E-state index < -0.39 is 23.0 Å². The zero-order valence-electron chi connectivity index (χ0n) is 21.8. The standard InChI is InChI=1S/C27H33ClF2N6O3/c1-17-14-22(35-34-17)33-26-31-20(8-3-2-4-13-37)24(30)21(32-26)15-27(25(38)39)9-11-36(12-10-27)16-18-6-5-7-19(28)23(18)29/h5-7,14,37H,2-4,8-13,15-16H2,1H3,(H,38,39)(H2,31,32,33,34,35). The number of H-pyrrole nitrogens is 1. The Labute approximate surface area is 230 Å². The number of carbonyl (C=O) groups is 1. The van der Waals surface area contributed by atoms with E-state index >= 15 is 4.39 Å². The third kappa shape index (κ3) is 7.09. The van der Waals surface area contributed by atoms with Crippen molar-refractivity contribution in [2.45, 2.75) is 58.4 Å². The molecule has 0 bridgehead atoms. The smallest absolute Gasteiger partial charge is 0.310 e. The van der Waals surface area contributed by atoms with Gasteiger partial charge in [-0.2, -0.15) is 5.10 Å². The number of piperidine rings is 1. The van der Waals surface area contributed by atoms with Crippen LogP contribution in [0.1, 0.15) is 54.7 Å². The van der Waals surface area contributed by atoms with Gasteiger partial charge in [-0.05, 0) is 58.2 Å². The maximum Gasteiger partial charge on any atom is 0.310 e. The van der Waals surface area contributed by atoms with Gasteiger partial charge in [-0.3, -0.25) is 14.8 Å². The van der Waals surface area contributed by atoms with Crippen LogP contribution >= 0.6 is 11.6 Å². The van der Waals surface area contributed by atoms with E-state index in [0.717, 1.165) is 5.69 Å². The highest BCUT2D eigenvalue weighted by Gasteiger charge is 2.43. The molecule has 1 aromatic carbocycles. The molecule has 210 valence electrons. The van der Waals surface area contributed by atoms with Gasteiger partial charge in [-0.15, -0.1) is 0 Å². The van der Waals surface area contributed by atoms with Crippen molar-refractivity contribution in [3.8, 4) is 0 Å². The fourth-order valence-electron chi connectivity index (χ4n) is 4.90. The number of hydrogen-bond acceptors (Lipinski definition) is 7. The Balaban J connectivity index is 1.54. The van der Waals surface area contributed by atoms with Gasteiger partial charge < -0.3 is 15.5 Å². The zero-order valence-corrected chi connectivity index (χ0v) is 22.6. The number of unbranched alkanes of at least 4 members (excludes halogenated alkanes) is 2. The number of anilines is 2. The second-order valence-corrected chi connectivity index (χ2v) is 10.5. The van der Waals surface area contributed by atoms with Crippen LogP contribution in [0.2, 0.25) is 5.02 Å². The van der Waals surface area contributed by atoms with E-state index in [1.54, 1.807) is 18.2 Å². The Kier molecular flexibility index (Phi) is 9.47. The van der Waals surface area contributed by atoms with E-state index in [2.05, 4.69) is 25.5 Å². The first-order valence-electron chi connectivity index (χ1n) is 13.0. The van der Waals surface area contributed by atoms with Gasteiger partial charge in [0.05, 0.1) is 21.8 Å². The molecule has 0 amide bonds. The lowest BCUT2D eigenvalue weighted by Crippen LogP contribution is -2.45. The van der Waals surface area contributed by atoms with Crippen LogP contribution in [0.3, 0.4) is 0 Å². The van der Waals surface area contributed by atoms with Crippen molar-refractivity contribution in [3.63, 3.8) is 0 Å². The van der Waals surface area contributed by atoms with Gasteiger partial charge in [0.2, 0.25) is 5.95 Å². The summed E-state index contributed by atoms with van der Waals surface area (Å²) in [6, 6.07) is 6.58. The molecule has 0 unspecified atom stereocenters. The number of aliphatic hydroxyl groups excluding tert-OH is 1. The summed E-state index contributed by atoms with van der Waals surface area (Å²) in [5.41, 5.74) is 0.267. The van der Waals surface area contributed by atoms with Crippen molar-refractivity contribution in [1.82, 2.24) is 25.1 Å². The van der Waals surface area contributed by atoms with Gasteiger partial charge in [-0.1, -0.05) is 30.2 Å². The third-order valence-corrected chi connectivity index (χ3v) is 7.50. The van der Waals surface area contributed by atoms with Crippen molar-refractivity contribution < 1.29 is 23.8 Å². The van der Waals surface area contributed by atoms with Gasteiger partial charge in [0.15, 0.2) is 11.6 Å². The van der Waals surface area contributed by atoms with Gasteiger partial charge in [-0.25, -0.2) is 18.7 Å². The van der Waals surface area contributed by atoms with Crippen LogP contribution in [0.25, 0.3) is 0 Å². The first-order valence-corrected chi connectivity index (χ1v) is 13.4. The minimum Gasteiger partial charge on any atom is -0.481 e. The van der Waals surface area contributed by atoms with Crippen molar-refractivity contribution in [1.29, 1.82) is 0 Å². The number of aromatic amines is 1. The third-order valence-electron chi connectivity index (χ3n) is 7.20. The Morgan fingerprint density at radius 2 is 1.90 bits per heavy atom. The van der Waals surface area contributed by atoms with Crippen LogP contribution in [0, 0.1) is 24.0 Å². The highest BCUT2D eigenvalue weighted by molar-refractivity contribution is 6.30. The molecular formula is C27H33ClF2N6O3. The highest BCUT2D eigenvalue weighted by atomic mass is 35.5. The lowest BCUT2D eigenvalue weighted by atomic mass is 9.74. The van der Waals surface area contributed by atoms with Crippen LogP contribution in [-0.2, 0) is 24.2 Å². The number of hydrogen-bond donors (Lipinski definition) is 4. The fourth-order valence-corrected chi connectivity index (χ4v) is 5.09. The molecule has 0 spiro atoms. The fraction of sp³-hybridized carbons (Fsp3) is 0.481. The number of likely N-dealkylation sites (tertiary alicyclic amines) is 1. The van der Waals surface area contributed by atoms with E-state index in [1.165, 1.54) is 6.07 Å². The van der Waals surface area contributed by atoms with E-state index in [4.69, 9.17) is 16.7 Å². The number of carboxylic acid groups (broad SMARTS) is 1. The predicted molar refractivity (Wildman–Crippen MR) is 143 cm³/mol. The molecule has 2 aromatic heterocycles. The number of halogens is 3. The average molecular weight is 563 g/mol. The summed E-state index contributed by atoms with van der Waals surface area (Å²) in [5.74, 6) is -1.49. The van der Waals surface area contributed by atoms with Crippen molar-refractivity contribution in [3.05, 3.63) is 63.6 Å². The molecule has 3 aromatic rings. The molecule has 39 heavy (non-hydrogen) atoms. The Bertz CT molecular complexity index is 1300. The second kappa shape index (κ2) is 12.8. The lowest BCUT2D eigenvalue weighted by Gasteiger charge is -2.39. The SMILES string of the molecule is Cc1cc(Nc2nc(CCCCCO)c(F)c(CC3(C(=O)O)CCN(Cc4cccc(Cl)c4F)CC3)n2)n[nH]1. The number of nitrogens with zero attached hydrogens (tertiary/aromatic N) is 4. The topological polar surface area (TPSA) is 127 Å². The Morgan fingerprint density at radius 3 is 2.56 bits per heavy atom. The molecule has 12 heteroatoms. The summed E-state index contributed by atoms with van der Waals surface area (Å²) in [4.78, 5) is 23.3. The molecule has 1 saturated heterocycles. The summed E-state index contributed by atoms with van der Waals surface area (Å²) >= 11 is 5.91. The summed E-state index contributed by atoms with van der Waals surface area (Å²) in [6.07, 6.45) is 2.66. The largest absolute Gasteiger partial charge is 0.481 e. The van der Waals surface area contributed by atoms with E-state index in [9.17, 15) is 14.3 Å². The van der Waals surface area contributed by atoms with Gasteiger partial charge in [0, 0.05) is 36.9 Å². The summed E-state index contributed by atoms with van der Waals surface area (Å²) < 4.78 is 30.1. The number of aryl methyl sites for hydroxylation is 2. The molecule has 4 N–H and O–H groups in total. The van der Waals surface area contributed by atoms with Gasteiger partial charge in [0.1, 0.15) is 5.82 Å². The lowest BCUT2D eigenvalue weighted by molar-refractivity contribution is -0.152. The molecule has 9 nitrogen and oxygen atoms in total. The maximum atomic E-state index is 15.7. The predicted octanol–water partition coefficient (Wildman–Crippen LogP) is 4.80. The minimum atomic E-state index is -1.23. The molecule has 0 saturated carbocycles. The maximum absolute atomic E-state index is 15.7. The van der Waals surface area contributed by atoms with E-state index in [-0.39, 0.29) is 48.2 Å². The molecule has 1 aliphatic rings. The first-order chi connectivity index (χ1) is 18.7. The van der Waals surface area contributed by atoms with Gasteiger partial charge >= 0.3 is 5.97 Å². The van der Waals surface area contributed by atoms with Crippen molar-refractivity contribution >= 4 is 29.3 Å². The molecule has 1 aliphatic heterocycles. The molecular weight excluding hydrogens is 530 g/mol. The quantitative estimate of drug-likeness (QED) is 0.232. The number of aliphatic carboxylic acids is 1. The summed E-state index contributed by atoms with van der Waals surface area (Å²) in [7, 11) is 0. The molecule has 3 heterocycles. The molecule has 4 rings (SSSR count). The monoisotopic (exact) mass is 562 g/mol. The average Bonchev–Trinajstić information content (AvgIpc) is 3.32. The number of aliphatic hydroxyl groups is 1. The number of rotatable bonds is 12. The zero-order chi connectivity index (χ0) is 28.0. The molecule has 0 aliphatic carbocycles. The van der Waals surface area contributed by atoms with Crippen molar-refractivity contribution in [2.24, 2.45) is 5.41 Å². The van der Waals surface area contributed by atoms with Crippen LogP contribution in [-0.4, -0.2) is 60.9 Å². The van der Waals surface area contributed by atoms with Gasteiger partial charge in [0.25, 0.3) is 0 Å². The Morgan fingerprint density at radius 1 is 1.15 bits per heavy atom. The van der Waals surface area contributed by atoms with Crippen LogP contribution in [0.15, 0.2) is 24.3 Å².